The minimum Gasteiger partial charge on any atom is -0.481 e. The topological polar surface area (TPSA) is 69.6 Å². The number of hydrogen-bond donors (Lipinski definition) is 2. The van der Waals surface area contributed by atoms with Crippen LogP contribution in [0.5, 0.6) is 0 Å². The minimum absolute atomic E-state index is 0. The maximum Gasteiger partial charge on any atom is 0.416 e. The fraction of sp³-hybridized carbons (Fsp3) is 0.467. The summed E-state index contributed by atoms with van der Waals surface area (Å²) in [5.74, 6) is -1.64. The summed E-state index contributed by atoms with van der Waals surface area (Å²) in [7, 11) is 0. The van der Waals surface area contributed by atoms with Crippen molar-refractivity contribution in [3.63, 3.8) is 0 Å². The maximum absolute atomic E-state index is 12.6. The molecule has 0 radical (unpaired) electrons. The van der Waals surface area contributed by atoms with E-state index in [1.54, 1.807) is 4.90 Å². The van der Waals surface area contributed by atoms with Crippen molar-refractivity contribution in [3.8, 4) is 0 Å². The van der Waals surface area contributed by atoms with Gasteiger partial charge < -0.3 is 10.4 Å². The maximum atomic E-state index is 12.6. The molecule has 134 valence electrons. The molecule has 5 nitrogen and oxygen atoms in total. The number of nitrogens with zero attached hydrogens (tertiary/aromatic N) is 1. The molecule has 2 rings (SSSR count). The number of amides is 1. The van der Waals surface area contributed by atoms with E-state index in [1.807, 2.05) is 0 Å². The van der Waals surface area contributed by atoms with E-state index in [-0.39, 0.29) is 24.6 Å². The Balaban J connectivity index is 0.00000288. The Morgan fingerprint density at radius 3 is 2.42 bits per heavy atom. The van der Waals surface area contributed by atoms with Gasteiger partial charge in [0.15, 0.2) is 0 Å². The lowest BCUT2D eigenvalue weighted by atomic mass is 9.97. The van der Waals surface area contributed by atoms with Crippen LogP contribution in [0.4, 0.5) is 18.9 Å². The largest absolute Gasteiger partial charge is 0.481 e. The Hall–Kier alpha value is -1.80. The van der Waals surface area contributed by atoms with E-state index in [9.17, 15) is 22.8 Å². The van der Waals surface area contributed by atoms with E-state index < -0.39 is 29.5 Å². The molecule has 1 fully saturated rings. The number of benzene rings is 1. The highest BCUT2D eigenvalue weighted by Crippen LogP contribution is 2.30. The summed E-state index contributed by atoms with van der Waals surface area (Å²) < 4.78 is 37.8. The minimum atomic E-state index is -4.46. The van der Waals surface area contributed by atoms with Crippen LogP contribution in [-0.2, 0) is 15.8 Å². The van der Waals surface area contributed by atoms with Crippen molar-refractivity contribution in [2.75, 3.05) is 25.0 Å². The number of carbonyl (C=O) groups excluding carboxylic acids is 1. The molecule has 2 N–H and O–H groups in total. The highest BCUT2D eigenvalue weighted by molar-refractivity contribution is 5.92. The van der Waals surface area contributed by atoms with Crippen LogP contribution >= 0.6 is 12.4 Å². The summed E-state index contributed by atoms with van der Waals surface area (Å²) in [5.41, 5.74) is -0.734. The molecular weight excluding hydrogens is 349 g/mol. The van der Waals surface area contributed by atoms with Crippen LogP contribution in [0.15, 0.2) is 24.3 Å². The number of nitrogens with one attached hydrogen (secondary N) is 1. The molecule has 0 aromatic heterocycles. The van der Waals surface area contributed by atoms with Crippen molar-refractivity contribution in [1.29, 1.82) is 0 Å². The van der Waals surface area contributed by atoms with Gasteiger partial charge in [0, 0.05) is 5.69 Å². The van der Waals surface area contributed by atoms with Gasteiger partial charge in [-0.1, -0.05) is 6.07 Å². The average Bonchev–Trinajstić information content (AvgIpc) is 2.47. The zero-order chi connectivity index (χ0) is 17.0. The van der Waals surface area contributed by atoms with E-state index in [0.29, 0.717) is 25.9 Å². The number of alkyl halides is 3. The molecule has 1 aromatic rings. The first-order chi connectivity index (χ1) is 10.8. The van der Waals surface area contributed by atoms with Crippen LogP contribution in [0.3, 0.4) is 0 Å². The smallest absolute Gasteiger partial charge is 0.416 e. The van der Waals surface area contributed by atoms with Crippen LogP contribution in [-0.4, -0.2) is 41.5 Å². The molecule has 0 spiro atoms. The van der Waals surface area contributed by atoms with Gasteiger partial charge in [-0.15, -0.1) is 12.4 Å². The predicted octanol–water partition coefficient (Wildman–Crippen LogP) is 2.86. The van der Waals surface area contributed by atoms with Crippen LogP contribution in [0.2, 0.25) is 0 Å². The van der Waals surface area contributed by atoms with Crippen molar-refractivity contribution in [3.05, 3.63) is 29.8 Å². The number of rotatable bonds is 4. The lowest BCUT2D eigenvalue weighted by Crippen LogP contribution is -2.40. The van der Waals surface area contributed by atoms with Gasteiger partial charge in [-0.3, -0.25) is 14.5 Å². The third-order valence-electron chi connectivity index (χ3n) is 3.78. The standard InChI is InChI=1S/C15H17F3N2O3.ClH/c16-15(17,18)11-2-1-3-12(8-11)19-13(21)9-20-6-4-10(5-7-20)14(22)23;/h1-3,8,10H,4-7,9H2,(H,19,21)(H,22,23);1H. The molecule has 24 heavy (non-hydrogen) atoms. The second-order valence-electron chi connectivity index (χ2n) is 5.52. The molecule has 0 bridgehead atoms. The first-order valence-electron chi connectivity index (χ1n) is 7.18. The van der Waals surface area contributed by atoms with Gasteiger partial charge in [-0.05, 0) is 44.1 Å². The van der Waals surface area contributed by atoms with E-state index >= 15 is 0 Å². The number of aliphatic carboxylic acids is 1. The number of anilines is 1. The number of carboxylic acid groups (broad SMARTS) is 1. The van der Waals surface area contributed by atoms with Gasteiger partial charge in [0.1, 0.15) is 0 Å². The molecule has 0 atom stereocenters. The fourth-order valence-corrected chi connectivity index (χ4v) is 2.51. The van der Waals surface area contributed by atoms with E-state index in [1.165, 1.54) is 12.1 Å². The Morgan fingerprint density at radius 2 is 1.88 bits per heavy atom. The second kappa shape index (κ2) is 8.34. The Morgan fingerprint density at radius 1 is 1.25 bits per heavy atom. The van der Waals surface area contributed by atoms with Crippen molar-refractivity contribution in [2.45, 2.75) is 19.0 Å². The normalized spacial score (nSPS) is 16.3. The average molecular weight is 367 g/mol. The van der Waals surface area contributed by atoms with Crippen LogP contribution in [0.1, 0.15) is 18.4 Å². The summed E-state index contributed by atoms with van der Waals surface area (Å²) in [6.45, 7) is 0.989. The van der Waals surface area contributed by atoms with Crippen molar-refractivity contribution in [2.24, 2.45) is 5.92 Å². The van der Waals surface area contributed by atoms with E-state index in [2.05, 4.69) is 5.32 Å². The van der Waals surface area contributed by atoms with Gasteiger partial charge in [0.25, 0.3) is 0 Å². The second-order valence-corrected chi connectivity index (χ2v) is 5.52. The molecule has 1 aliphatic rings. The number of carboxylic acids is 1. The molecular formula is C15H18ClF3N2O3. The van der Waals surface area contributed by atoms with Crippen LogP contribution in [0.25, 0.3) is 0 Å². The van der Waals surface area contributed by atoms with Crippen molar-refractivity contribution < 1.29 is 27.9 Å². The number of likely N-dealkylation sites (tertiary alicyclic amines) is 1. The Kier molecular flexibility index (Phi) is 7.04. The first kappa shape index (κ1) is 20.2. The third-order valence-corrected chi connectivity index (χ3v) is 3.78. The van der Waals surface area contributed by atoms with E-state index in [4.69, 9.17) is 5.11 Å². The van der Waals surface area contributed by atoms with Crippen LogP contribution < -0.4 is 5.32 Å². The molecule has 1 amide bonds. The molecule has 1 saturated heterocycles. The Labute approximate surface area is 143 Å². The number of halogens is 4. The molecule has 0 saturated carbocycles. The molecule has 0 aliphatic carbocycles. The quantitative estimate of drug-likeness (QED) is 0.859. The summed E-state index contributed by atoms with van der Waals surface area (Å²) in [6.07, 6.45) is -3.53. The lowest BCUT2D eigenvalue weighted by Gasteiger charge is -2.29. The van der Waals surface area contributed by atoms with Gasteiger partial charge in [-0.2, -0.15) is 13.2 Å². The highest BCUT2D eigenvalue weighted by Gasteiger charge is 2.30. The monoisotopic (exact) mass is 366 g/mol. The molecule has 1 aliphatic heterocycles. The summed E-state index contributed by atoms with van der Waals surface area (Å²) in [6, 6.07) is 4.45. The molecule has 0 unspecified atom stereocenters. The van der Waals surface area contributed by atoms with Gasteiger partial charge in [0.2, 0.25) is 5.91 Å². The lowest BCUT2D eigenvalue weighted by molar-refractivity contribution is -0.143. The summed E-state index contributed by atoms with van der Waals surface area (Å²) >= 11 is 0. The number of carbonyl (C=O) groups is 2. The SMILES string of the molecule is Cl.O=C(CN1CCC(C(=O)O)CC1)Nc1cccc(C(F)(F)F)c1. The molecule has 1 aromatic carbocycles. The zero-order valence-corrected chi connectivity index (χ0v) is 13.5. The third kappa shape index (κ3) is 5.68. The summed E-state index contributed by atoms with van der Waals surface area (Å²) in [4.78, 5) is 24.5. The Bertz CT molecular complexity index is 588. The number of hydrogen-bond acceptors (Lipinski definition) is 3. The van der Waals surface area contributed by atoms with Gasteiger partial charge in [-0.25, -0.2) is 0 Å². The zero-order valence-electron chi connectivity index (χ0n) is 12.7. The fourth-order valence-electron chi connectivity index (χ4n) is 2.51. The number of piperidine rings is 1. The highest BCUT2D eigenvalue weighted by atomic mass is 35.5. The molecule has 9 heteroatoms. The van der Waals surface area contributed by atoms with Gasteiger partial charge in [0.05, 0.1) is 18.0 Å². The molecule has 1 heterocycles. The van der Waals surface area contributed by atoms with Crippen molar-refractivity contribution in [1.82, 2.24) is 4.90 Å². The van der Waals surface area contributed by atoms with Crippen LogP contribution in [0, 0.1) is 5.92 Å². The van der Waals surface area contributed by atoms with E-state index in [0.717, 1.165) is 12.1 Å². The summed E-state index contributed by atoms with van der Waals surface area (Å²) in [5, 5.41) is 11.3. The first-order valence-corrected chi connectivity index (χ1v) is 7.18. The predicted molar refractivity (Wildman–Crippen MR) is 84.1 cm³/mol. The van der Waals surface area contributed by atoms with Gasteiger partial charge >= 0.3 is 12.1 Å². The van der Waals surface area contributed by atoms with Crippen molar-refractivity contribution >= 4 is 30.0 Å².